The van der Waals surface area contributed by atoms with Gasteiger partial charge in [-0.2, -0.15) is 12.7 Å². The molecular formula is C14H19N3O3S. The Morgan fingerprint density at radius 1 is 1.24 bits per heavy atom. The van der Waals surface area contributed by atoms with Crippen molar-refractivity contribution in [3.63, 3.8) is 0 Å². The zero-order valence-electron chi connectivity index (χ0n) is 12.3. The summed E-state index contributed by atoms with van der Waals surface area (Å²) in [5, 5.41) is 0.963. The van der Waals surface area contributed by atoms with Crippen molar-refractivity contribution in [3.8, 4) is 0 Å². The Kier molecular flexibility index (Phi) is 4.46. The third kappa shape index (κ3) is 3.31. The number of nitrogens with one attached hydrogen (secondary N) is 1. The molecule has 2 rings (SSSR count). The molecule has 0 spiro atoms. The van der Waals surface area contributed by atoms with Gasteiger partial charge < -0.3 is 4.57 Å². The monoisotopic (exact) mass is 309 g/mol. The highest BCUT2D eigenvalue weighted by Gasteiger charge is 2.12. The first-order chi connectivity index (χ1) is 9.83. The number of fused-ring (bicyclic) bond motifs is 1. The lowest BCUT2D eigenvalue weighted by Crippen LogP contribution is -2.38. The fourth-order valence-electron chi connectivity index (χ4n) is 2.11. The predicted octanol–water partition coefficient (Wildman–Crippen LogP) is 0.706. The average molecular weight is 309 g/mol. The third-order valence-corrected chi connectivity index (χ3v) is 4.81. The Labute approximate surface area is 124 Å². The van der Waals surface area contributed by atoms with Crippen LogP contribution in [0.4, 0.5) is 0 Å². The molecule has 0 saturated carbocycles. The molecule has 0 amide bonds. The Bertz CT molecular complexity index is 810. The summed E-state index contributed by atoms with van der Waals surface area (Å²) in [5.41, 5.74) is 1.35. The zero-order chi connectivity index (χ0) is 15.6. The van der Waals surface area contributed by atoms with Crippen LogP contribution in [0.25, 0.3) is 10.9 Å². The minimum Gasteiger partial charge on any atom is -0.307 e. The SMILES string of the molecule is Cc1cc2ccccc2n(CCNS(=O)(=O)N(C)C)c1=O. The van der Waals surface area contributed by atoms with E-state index in [-0.39, 0.29) is 18.6 Å². The molecular weight excluding hydrogens is 290 g/mol. The van der Waals surface area contributed by atoms with Gasteiger partial charge in [-0.15, -0.1) is 0 Å². The number of rotatable bonds is 5. The number of hydrogen-bond acceptors (Lipinski definition) is 3. The van der Waals surface area contributed by atoms with Gasteiger partial charge in [0.2, 0.25) is 0 Å². The molecule has 0 atom stereocenters. The van der Waals surface area contributed by atoms with E-state index in [2.05, 4.69) is 4.72 Å². The predicted molar refractivity (Wildman–Crippen MR) is 83.6 cm³/mol. The summed E-state index contributed by atoms with van der Waals surface area (Å²) < 4.78 is 28.5. The van der Waals surface area contributed by atoms with Crippen LogP contribution in [-0.4, -0.2) is 37.9 Å². The number of aryl methyl sites for hydroxylation is 1. The van der Waals surface area contributed by atoms with E-state index in [1.165, 1.54) is 14.1 Å². The smallest absolute Gasteiger partial charge is 0.278 e. The van der Waals surface area contributed by atoms with E-state index >= 15 is 0 Å². The van der Waals surface area contributed by atoms with Crippen LogP contribution < -0.4 is 10.3 Å². The van der Waals surface area contributed by atoms with Gasteiger partial charge >= 0.3 is 0 Å². The number of hydrogen-bond donors (Lipinski definition) is 1. The van der Waals surface area contributed by atoms with Crippen molar-refractivity contribution in [1.82, 2.24) is 13.6 Å². The Morgan fingerprint density at radius 2 is 1.90 bits per heavy atom. The van der Waals surface area contributed by atoms with Gasteiger partial charge in [0.1, 0.15) is 0 Å². The minimum atomic E-state index is -3.48. The Balaban J connectivity index is 2.31. The molecule has 2 aromatic rings. The normalized spacial score (nSPS) is 12.2. The van der Waals surface area contributed by atoms with Crippen LogP contribution in [0, 0.1) is 6.92 Å². The fraction of sp³-hybridized carbons (Fsp3) is 0.357. The van der Waals surface area contributed by atoms with Gasteiger partial charge in [0.15, 0.2) is 0 Å². The Hall–Kier alpha value is -1.70. The number of aromatic nitrogens is 1. The van der Waals surface area contributed by atoms with E-state index in [0.717, 1.165) is 15.2 Å². The van der Waals surface area contributed by atoms with Crippen LogP contribution in [0.5, 0.6) is 0 Å². The minimum absolute atomic E-state index is 0.0993. The lowest BCUT2D eigenvalue weighted by molar-refractivity contribution is 0.501. The summed E-state index contributed by atoms with van der Waals surface area (Å²) in [6.07, 6.45) is 0. The molecule has 21 heavy (non-hydrogen) atoms. The highest BCUT2D eigenvalue weighted by molar-refractivity contribution is 7.87. The first-order valence-electron chi connectivity index (χ1n) is 6.59. The zero-order valence-corrected chi connectivity index (χ0v) is 13.1. The molecule has 1 heterocycles. The van der Waals surface area contributed by atoms with Gasteiger partial charge in [0, 0.05) is 32.7 Å². The third-order valence-electron chi connectivity index (χ3n) is 3.28. The standard InChI is InChI=1S/C14H19N3O3S/c1-11-10-12-6-4-5-7-13(12)17(14(11)18)9-8-15-21(19,20)16(2)3/h4-7,10,15H,8-9H2,1-3H3. The van der Waals surface area contributed by atoms with E-state index in [0.29, 0.717) is 5.56 Å². The Morgan fingerprint density at radius 3 is 2.57 bits per heavy atom. The maximum absolute atomic E-state index is 12.2. The molecule has 0 unspecified atom stereocenters. The summed E-state index contributed by atoms with van der Waals surface area (Å²) in [7, 11) is -0.567. The summed E-state index contributed by atoms with van der Waals surface area (Å²) in [4.78, 5) is 12.2. The maximum Gasteiger partial charge on any atom is 0.278 e. The average Bonchev–Trinajstić information content (AvgIpc) is 2.42. The first-order valence-corrected chi connectivity index (χ1v) is 8.03. The molecule has 0 radical (unpaired) electrons. The molecule has 0 saturated heterocycles. The van der Waals surface area contributed by atoms with E-state index < -0.39 is 10.2 Å². The highest BCUT2D eigenvalue weighted by atomic mass is 32.2. The van der Waals surface area contributed by atoms with E-state index in [1.54, 1.807) is 11.5 Å². The van der Waals surface area contributed by atoms with Crippen molar-refractivity contribution >= 4 is 21.1 Å². The molecule has 1 aromatic heterocycles. The van der Waals surface area contributed by atoms with E-state index in [4.69, 9.17) is 0 Å². The van der Waals surface area contributed by atoms with Gasteiger partial charge in [-0.05, 0) is 24.4 Å². The van der Waals surface area contributed by atoms with Crippen LogP contribution in [-0.2, 0) is 16.8 Å². The summed E-state index contributed by atoms with van der Waals surface area (Å²) >= 11 is 0. The van der Waals surface area contributed by atoms with Crippen LogP contribution in [0.15, 0.2) is 35.1 Å². The molecule has 0 aliphatic carbocycles. The molecule has 1 N–H and O–H groups in total. The second-order valence-corrected chi connectivity index (χ2v) is 6.99. The van der Waals surface area contributed by atoms with Crippen LogP contribution in [0.2, 0.25) is 0 Å². The number of nitrogens with zero attached hydrogens (tertiary/aromatic N) is 2. The van der Waals surface area contributed by atoms with Gasteiger partial charge in [-0.1, -0.05) is 18.2 Å². The lowest BCUT2D eigenvalue weighted by Gasteiger charge is -2.14. The van der Waals surface area contributed by atoms with Gasteiger partial charge in [-0.25, -0.2) is 4.72 Å². The van der Waals surface area contributed by atoms with Crippen molar-refractivity contribution in [2.75, 3.05) is 20.6 Å². The van der Waals surface area contributed by atoms with Crippen molar-refractivity contribution in [2.24, 2.45) is 0 Å². The van der Waals surface area contributed by atoms with E-state index in [1.807, 2.05) is 30.3 Å². The van der Waals surface area contributed by atoms with Crippen LogP contribution in [0.3, 0.4) is 0 Å². The molecule has 1 aromatic carbocycles. The topological polar surface area (TPSA) is 71.4 Å². The van der Waals surface area contributed by atoms with Gasteiger partial charge in [-0.3, -0.25) is 4.79 Å². The van der Waals surface area contributed by atoms with Crippen molar-refractivity contribution in [2.45, 2.75) is 13.5 Å². The van der Waals surface area contributed by atoms with Gasteiger partial charge in [0.05, 0.1) is 5.52 Å². The van der Waals surface area contributed by atoms with Crippen LogP contribution >= 0.6 is 0 Å². The van der Waals surface area contributed by atoms with Crippen molar-refractivity contribution < 1.29 is 8.42 Å². The van der Waals surface area contributed by atoms with Gasteiger partial charge in [0.25, 0.3) is 15.8 Å². The molecule has 6 nitrogen and oxygen atoms in total. The molecule has 114 valence electrons. The molecule has 0 bridgehead atoms. The number of benzene rings is 1. The second kappa shape index (κ2) is 5.97. The largest absolute Gasteiger partial charge is 0.307 e. The molecule has 7 heteroatoms. The molecule has 0 aliphatic rings. The molecule has 0 aliphatic heterocycles. The fourth-order valence-corrected chi connectivity index (χ4v) is 2.72. The van der Waals surface area contributed by atoms with Crippen LogP contribution in [0.1, 0.15) is 5.56 Å². The summed E-state index contributed by atoms with van der Waals surface area (Å²) in [6, 6.07) is 9.40. The number of pyridine rings is 1. The summed E-state index contributed by atoms with van der Waals surface area (Å²) in [6.45, 7) is 2.21. The first kappa shape index (κ1) is 15.7. The highest BCUT2D eigenvalue weighted by Crippen LogP contribution is 2.12. The van der Waals surface area contributed by atoms with Crippen molar-refractivity contribution in [1.29, 1.82) is 0 Å². The lowest BCUT2D eigenvalue weighted by atomic mass is 10.1. The number of para-hydroxylation sites is 1. The maximum atomic E-state index is 12.2. The second-order valence-electron chi connectivity index (χ2n) is 5.02. The van der Waals surface area contributed by atoms with E-state index in [9.17, 15) is 13.2 Å². The quantitative estimate of drug-likeness (QED) is 0.884. The van der Waals surface area contributed by atoms with Crippen molar-refractivity contribution in [3.05, 3.63) is 46.2 Å². The molecule has 0 fully saturated rings. The summed E-state index contributed by atoms with van der Waals surface area (Å²) in [5.74, 6) is 0.